The number of aromatic nitrogens is 1. The van der Waals surface area contributed by atoms with E-state index in [-0.39, 0.29) is 12.5 Å². The van der Waals surface area contributed by atoms with Crippen LogP contribution in [-0.4, -0.2) is 16.0 Å². The van der Waals surface area contributed by atoms with Crippen molar-refractivity contribution in [3.05, 3.63) is 89.8 Å². The molecule has 0 spiro atoms. The van der Waals surface area contributed by atoms with Crippen LogP contribution in [0.1, 0.15) is 16.7 Å². The molecule has 2 N–H and O–H groups in total. The Labute approximate surface area is 158 Å². The SMILES string of the molecule is Cc1ccncc1/C=C/C(=O)Nc1ccc(Oc2ccc(CO)cc2)cc1. The van der Waals surface area contributed by atoms with Crippen LogP contribution < -0.4 is 10.1 Å². The minimum atomic E-state index is -0.216. The Bertz CT molecular complexity index is 933. The van der Waals surface area contributed by atoms with Crippen molar-refractivity contribution in [1.82, 2.24) is 4.98 Å². The lowest BCUT2D eigenvalue weighted by Crippen LogP contribution is -2.07. The highest BCUT2D eigenvalue weighted by Crippen LogP contribution is 2.23. The monoisotopic (exact) mass is 360 g/mol. The van der Waals surface area contributed by atoms with Gasteiger partial charge in [-0.05, 0) is 72.2 Å². The van der Waals surface area contributed by atoms with Gasteiger partial charge in [0.15, 0.2) is 0 Å². The molecule has 0 saturated heterocycles. The highest BCUT2D eigenvalue weighted by molar-refractivity contribution is 6.02. The van der Waals surface area contributed by atoms with Gasteiger partial charge in [0.2, 0.25) is 5.91 Å². The van der Waals surface area contributed by atoms with E-state index >= 15 is 0 Å². The average molecular weight is 360 g/mol. The molecule has 1 aromatic heterocycles. The number of nitrogens with zero attached hydrogens (tertiary/aromatic N) is 1. The second-order valence-electron chi connectivity index (χ2n) is 5.98. The molecule has 0 aliphatic carbocycles. The molecule has 3 aromatic rings. The summed E-state index contributed by atoms with van der Waals surface area (Å²) in [5, 5.41) is 11.9. The van der Waals surface area contributed by atoms with Gasteiger partial charge in [0.25, 0.3) is 0 Å². The number of anilines is 1. The maximum absolute atomic E-state index is 12.1. The van der Waals surface area contributed by atoms with E-state index in [1.165, 1.54) is 6.08 Å². The Morgan fingerprint density at radius 3 is 2.37 bits per heavy atom. The summed E-state index contributed by atoms with van der Waals surface area (Å²) < 4.78 is 5.74. The fourth-order valence-electron chi connectivity index (χ4n) is 2.41. The first-order chi connectivity index (χ1) is 13.1. The number of aryl methyl sites for hydroxylation is 1. The van der Waals surface area contributed by atoms with Crippen LogP contribution in [-0.2, 0) is 11.4 Å². The van der Waals surface area contributed by atoms with Crippen molar-refractivity contribution in [3.63, 3.8) is 0 Å². The average Bonchev–Trinajstić information content (AvgIpc) is 2.69. The van der Waals surface area contributed by atoms with Gasteiger partial charge in [-0.2, -0.15) is 0 Å². The molecule has 0 saturated carbocycles. The number of benzene rings is 2. The fraction of sp³-hybridized carbons (Fsp3) is 0.0909. The third kappa shape index (κ3) is 5.26. The molecule has 0 radical (unpaired) electrons. The minimum absolute atomic E-state index is 0.00345. The van der Waals surface area contributed by atoms with Gasteiger partial charge in [-0.15, -0.1) is 0 Å². The number of nitrogens with one attached hydrogen (secondary N) is 1. The second-order valence-corrected chi connectivity index (χ2v) is 5.98. The van der Waals surface area contributed by atoms with Crippen LogP contribution in [0.5, 0.6) is 11.5 Å². The molecule has 0 fully saturated rings. The summed E-state index contributed by atoms with van der Waals surface area (Å²) in [5.74, 6) is 1.12. The summed E-state index contributed by atoms with van der Waals surface area (Å²) in [7, 11) is 0. The summed E-state index contributed by atoms with van der Waals surface area (Å²) >= 11 is 0. The van der Waals surface area contributed by atoms with Crippen LogP contribution in [0.2, 0.25) is 0 Å². The molecule has 5 nitrogen and oxygen atoms in total. The first-order valence-corrected chi connectivity index (χ1v) is 8.51. The molecule has 0 aliphatic heterocycles. The number of aliphatic hydroxyl groups is 1. The number of ether oxygens (including phenoxy) is 1. The number of aliphatic hydroxyl groups excluding tert-OH is 1. The highest BCUT2D eigenvalue weighted by atomic mass is 16.5. The van der Waals surface area contributed by atoms with Crippen molar-refractivity contribution in [3.8, 4) is 11.5 Å². The topological polar surface area (TPSA) is 71.5 Å². The summed E-state index contributed by atoms with van der Waals surface area (Å²) in [5.41, 5.74) is 3.47. The quantitative estimate of drug-likeness (QED) is 0.642. The van der Waals surface area contributed by atoms with E-state index in [2.05, 4.69) is 10.3 Å². The number of carbonyl (C=O) groups is 1. The van der Waals surface area contributed by atoms with Gasteiger partial charge >= 0.3 is 0 Å². The van der Waals surface area contributed by atoms with Crippen LogP contribution in [0.4, 0.5) is 5.69 Å². The normalized spacial score (nSPS) is 10.7. The molecule has 0 unspecified atom stereocenters. The third-order valence-electron chi connectivity index (χ3n) is 3.96. The van der Waals surface area contributed by atoms with Crippen LogP contribution in [0, 0.1) is 6.92 Å². The number of rotatable bonds is 6. The van der Waals surface area contributed by atoms with E-state index < -0.39 is 0 Å². The lowest BCUT2D eigenvalue weighted by molar-refractivity contribution is -0.111. The Kier molecular flexibility index (Phi) is 5.97. The number of hydrogen-bond donors (Lipinski definition) is 2. The number of hydrogen-bond acceptors (Lipinski definition) is 4. The summed E-state index contributed by atoms with van der Waals surface area (Å²) in [6.07, 6.45) is 6.66. The van der Waals surface area contributed by atoms with Gasteiger partial charge in [-0.3, -0.25) is 9.78 Å². The molecular formula is C22H20N2O3. The molecular weight excluding hydrogens is 340 g/mol. The molecule has 136 valence electrons. The van der Waals surface area contributed by atoms with Crippen LogP contribution in [0.3, 0.4) is 0 Å². The standard InChI is InChI=1S/C22H20N2O3/c1-16-12-13-23-14-18(16)4-11-22(26)24-19-5-9-21(10-6-19)27-20-7-2-17(15-25)3-8-20/h2-14,25H,15H2,1H3,(H,24,26)/b11-4+. The Balaban J connectivity index is 1.58. The summed E-state index contributed by atoms with van der Waals surface area (Å²) in [6.45, 7) is 1.97. The molecule has 2 aromatic carbocycles. The maximum atomic E-state index is 12.1. The predicted molar refractivity (Wildman–Crippen MR) is 106 cm³/mol. The zero-order chi connectivity index (χ0) is 19.1. The van der Waals surface area contributed by atoms with Crippen molar-refractivity contribution in [2.75, 3.05) is 5.32 Å². The number of amides is 1. The predicted octanol–water partition coefficient (Wildman–Crippen LogP) is 4.33. The van der Waals surface area contributed by atoms with Gasteiger partial charge in [0.1, 0.15) is 11.5 Å². The van der Waals surface area contributed by atoms with Gasteiger partial charge in [-0.25, -0.2) is 0 Å². The second kappa shape index (κ2) is 8.78. The highest BCUT2D eigenvalue weighted by Gasteiger charge is 2.01. The van der Waals surface area contributed by atoms with Crippen molar-refractivity contribution in [2.45, 2.75) is 13.5 Å². The first-order valence-electron chi connectivity index (χ1n) is 8.51. The molecule has 1 amide bonds. The zero-order valence-electron chi connectivity index (χ0n) is 14.9. The molecule has 27 heavy (non-hydrogen) atoms. The maximum Gasteiger partial charge on any atom is 0.248 e. The Morgan fingerprint density at radius 1 is 1.07 bits per heavy atom. The van der Waals surface area contributed by atoms with E-state index in [0.717, 1.165) is 16.7 Å². The lowest BCUT2D eigenvalue weighted by Gasteiger charge is -2.08. The van der Waals surface area contributed by atoms with Gasteiger partial charge in [0, 0.05) is 24.2 Å². The van der Waals surface area contributed by atoms with E-state index in [1.807, 2.05) is 13.0 Å². The van der Waals surface area contributed by atoms with Gasteiger partial charge < -0.3 is 15.2 Å². The molecule has 0 bridgehead atoms. The van der Waals surface area contributed by atoms with E-state index in [1.54, 1.807) is 67.0 Å². The minimum Gasteiger partial charge on any atom is -0.457 e. The largest absolute Gasteiger partial charge is 0.457 e. The Morgan fingerprint density at radius 2 is 1.74 bits per heavy atom. The van der Waals surface area contributed by atoms with Crippen LogP contribution in [0.25, 0.3) is 6.08 Å². The van der Waals surface area contributed by atoms with Crippen molar-refractivity contribution in [1.29, 1.82) is 0 Å². The molecule has 0 atom stereocenters. The van der Waals surface area contributed by atoms with E-state index in [4.69, 9.17) is 9.84 Å². The molecule has 3 rings (SSSR count). The molecule has 1 heterocycles. The van der Waals surface area contributed by atoms with Crippen molar-refractivity contribution < 1.29 is 14.6 Å². The fourth-order valence-corrected chi connectivity index (χ4v) is 2.41. The summed E-state index contributed by atoms with van der Waals surface area (Å²) in [6, 6.07) is 16.2. The summed E-state index contributed by atoms with van der Waals surface area (Å²) in [4.78, 5) is 16.1. The van der Waals surface area contributed by atoms with E-state index in [9.17, 15) is 4.79 Å². The first kappa shape index (κ1) is 18.4. The van der Waals surface area contributed by atoms with E-state index in [0.29, 0.717) is 17.2 Å². The van der Waals surface area contributed by atoms with Crippen molar-refractivity contribution in [2.24, 2.45) is 0 Å². The van der Waals surface area contributed by atoms with Crippen LogP contribution in [0.15, 0.2) is 73.1 Å². The van der Waals surface area contributed by atoms with Crippen LogP contribution >= 0.6 is 0 Å². The lowest BCUT2D eigenvalue weighted by atomic mass is 10.1. The number of pyridine rings is 1. The molecule has 0 aliphatic rings. The third-order valence-corrected chi connectivity index (χ3v) is 3.96. The smallest absolute Gasteiger partial charge is 0.248 e. The molecule has 5 heteroatoms. The number of carbonyl (C=O) groups excluding carboxylic acids is 1. The van der Waals surface area contributed by atoms with Gasteiger partial charge in [-0.1, -0.05) is 12.1 Å². The van der Waals surface area contributed by atoms with Gasteiger partial charge in [0.05, 0.1) is 6.61 Å². The van der Waals surface area contributed by atoms with Crippen molar-refractivity contribution >= 4 is 17.7 Å². The zero-order valence-corrected chi connectivity index (χ0v) is 14.9. The Hall–Kier alpha value is -3.44.